The second-order valence-corrected chi connectivity index (χ2v) is 7.02. The Bertz CT molecular complexity index is 646. The van der Waals surface area contributed by atoms with E-state index in [4.69, 9.17) is 0 Å². The molecule has 2 N–H and O–H groups in total. The summed E-state index contributed by atoms with van der Waals surface area (Å²) in [5.74, 6) is 0. The van der Waals surface area contributed by atoms with Crippen LogP contribution < -0.4 is 10.6 Å². The van der Waals surface area contributed by atoms with E-state index in [9.17, 15) is 4.79 Å². The second kappa shape index (κ2) is 6.67. The quantitative estimate of drug-likeness (QED) is 0.912. The maximum absolute atomic E-state index is 12.2. The molecule has 1 atom stereocenters. The van der Waals surface area contributed by atoms with E-state index in [1.807, 2.05) is 19.1 Å². The fraction of sp³-hybridized carbons (Fsp3) is 0.471. The number of rotatable bonds is 3. The number of amides is 2. The molecule has 4 nitrogen and oxygen atoms in total. The van der Waals surface area contributed by atoms with E-state index in [1.165, 1.54) is 15.6 Å². The van der Waals surface area contributed by atoms with Crippen LogP contribution in [0.15, 0.2) is 29.6 Å². The highest BCUT2D eigenvalue weighted by Crippen LogP contribution is 2.29. The predicted molar refractivity (Wildman–Crippen MR) is 92.4 cm³/mol. The molecule has 0 saturated carbocycles. The van der Waals surface area contributed by atoms with Crippen molar-refractivity contribution in [3.05, 3.63) is 35.2 Å². The summed E-state index contributed by atoms with van der Waals surface area (Å²) < 4.78 is 1.27. The number of carbonyl (C=O) groups is 1. The van der Waals surface area contributed by atoms with Gasteiger partial charge in [-0.1, -0.05) is 18.2 Å². The van der Waals surface area contributed by atoms with Gasteiger partial charge in [-0.3, -0.25) is 0 Å². The van der Waals surface area contributed by atoms with Crippen LogP contribution >= 0.6 is 11.3 Å². The van der Waals surface area contributed by atoms with Crippen molar-refractivity contribution < 1.29 is 4.79 Å². The summed E-state index contributed by atoms with van der Waals surface area (Å²) in [6, 6.07) is 8.59. The van der Waals surface area contributed by atoms with Gasteiger partial charge in [-0.15, -0.1) is 11.3 Å². The zero-order valence-corrected chi connectivity index (χ0v) is 14.0. The molecule has 1 aromatic heterocycles. The van der Waals surface area contributed by atoms with Crippen molar-refractivity contribution in [1.82, 2.24) is 15.5 Å². The normalized spacial score (nSPS) is 18.3. The monoisotopic (exact) mass is 317 g/mol. The van der Waals surface area contributed by atoms with Gasteiger partial charge >= 0.3 is 6.03 Å². The molecule has 0 aliphatic carbocycles. The first-order chi connectivity index (χ1) is 10.6. The van der Waals surface area contributed by atoms with Crippen molar-refractivity contribution in [2.75, 3.05) is 20.1 Å². The van der Waals surface area contributed by atoms with Crippen molar-refractivity contribution in [3.63, 3.8) is 0 Å². The molecule has 118 valence electrons. The number of piperidine rings is 1. The smallest absolute Gasteiger partial charge is 0.315 e. The highest BCUT2D eigenvalue weighted by atomic mass is 32.1. The summed E-state index contributed by atoms with van der Waals surface area (Å²) in [6.07, 6.45) is 2.05. The lowest BCUT2D eigenvalue weighted by molar-refractivity contribution is 0.212. The maximum Gasteiger partial charge on any atom is 0.315 e. The number of nitrogens with one attached hydrogen (secondary N) is 2. The van der Waals surface area contributed by atoms with Gasteiger partial charge in [0.2, 0.25) is 0 Å². The first kappa shape index (κ1) is 15.3. The molecule has 2 amide bonds. The summed E-state index contributed by atoms with van der Waals surface area (Å²) >= 11 is 1.73. The Balaban J connectivity index is 1.59. The highest BCUT2D eigenvalue weighted by Gasteiger charge is 2.20. The van der Waals surface area contributed by atoms with Crippen molar-refractivity contribution in [2.45, 2.75) is 31.8 Å². The lowest BCUT2D eigenvalue weighted by Crippen LogP contribution is -2.47. The second-order valence-electron chi connectivity index (χ2n) is 6.10. The molecule has 2 aromatic rings. The molecular weight excluding hydrogens is 294 g/mol. The van der Waals surface area contributed by atoms with Gasteiger partial charge in [-0.2, -0.15) is 0 Å². The number of nitrogens with zero attached hydrogens (tertiary/aromatic N) is 1. The summed E-state index contributed by atoms with van der Waals surface area (Å²) in [6.45, 7) is 4.15. The summed E-state index contributed by atoms with van der Waals surface area (Å²) in [7, 11) is 2.13. The maximum atomic E-state index is 12.2. The Morgan fingerprint density at radius 1 is 1.32 bits per heavy atom. The zero-order chi connectivity index (χ0) is 15.5. The fourth-order valence-electron chi connectivity index (χ4n) is 2.99. The Hall–Kier alpha value is -1.59. The lowest BCUT2D eigenvalue weighted by atomic mass is 10.1. The molecule has 0 radical (unpaired) electrons. The molecule has 0 unspecified atom stereocenters. The summed E-state index contributed by atoms with van der Waals surface area (Å²) in [5, 5.41) is 9.56. The number of fused-ring (bicyclic) bond motifs is 1. The molecule has 5 heteroatoms. The van der Waals surface area contributed by atoms with Gasteiger partial charge in [-0.05, 0) is 62.3 Å². The molecule has 1 aliphatic rings. The molecule has 0 bridgehead atoms. The Morgan fingerprint density at radius 3 is 2.82 bits per heavy atom. The van der Waals surface area contributed by atoms with E-state index in [0.29, 0.717) is 6.04 Å². The summed E-state index contributed by atoms with van der Waals surface area (Å²) in [4.78, 5) is 14.5. The molecule has 0 spiro atoms. The molecule has 3 rings (SSSR count). The first-order valence-corrected chi connectivity index (χ1v) is 8.73. The third kappa shape index (κ3) is 3.42. The third-order valence-corrected chi connectivity index (χ3v) is 5.36. The standard InChI is InChI=1S/C17H23N3OS/c1-12(15-11-22-16-6-4-3-5-14(15)16)18-17(21)19-13-7-9-20(2)10-8-13/h3-6,11-13H,7-10H2,1-2H3,(H2,18,19,21)/t12-/m1/s1. The molecule has 2 heterocycles. The van der Waals surface area contributed by atoms with Gasteiger partial charge < -0.3 is 15.5 Å². The van der Waals surface area contributed by atoms with E-state index in [2.05, 4.69) is 40.1 Å². The van der Waals surface area contributed by atoms with Crippen LogP contribution in [0.4, 0.5) is 4.79 Å². The van der Waals surface area contributed by atoms with Crippen LogP contribution in [0.3, 0.4) is 0 Å². The van der Waals surface area contributed by atoms with Crippen LogP contribution in [0.5, 0.6) is 0 Å². The molecular formula is C17H23N3OS. The number of likely N-dealkylation sites (tertiary alicyclic amines) is 1. The van der Waals surface area contributed by atoms with Crippen molar-refractivity contribution in [1.29, 1.82) is 0 Å². The zero-order valence-electron chi connectivity index (χ0n) is 13.1. The average Bonchev–Trinajstić information content (AvgIpc) is 2.93. The van der Waals surface area contributed by atoms with Crippen molar-refractivity contribution in [3.8, 4) is 0 Å². The number of hydrogen-bond acceptors (Lipinski definition) is 3. The van der Waals surface area contributed by atoms with Crippen LogP contribution in [0.25, 0.3) is 10.1 Å². The van der Waals surface area contributed by atoms with Gasteiger partial charge in [-0.25, -0.2) is 4.79 Å². The van der Waals surface area contributed by atoms with Crippen LogP contribution in [0.2, 0.25) is 0 Å². The minimum Gasteiger partial charge on any atom is -0.335 e. The molecule has 22 heavy (non-hydrogen) atoms. The van der Waals surface area contributed by atoms with E-state index >= 15 is 0 Å². The number of benzene rings is 1. The summed E-state index contributed by atoms with van der Waals surface area (Å²) in [5.41, 5.74) is 1.19. The van der Waals surface area contributed by atoms with Crippen LogP contribution in [-0.4, -0.2) is 37.1 Å². The topological polar surface area (TPSA) is 44.4 Å². The Labute approximate surface area is 135 Å². The Kier molecular flexibility index (Phi) is 4.64. The minimum absolute atomic E-state index is 0.0161. The SMILES string of the molecule is C[C@@H](NC(=O)NC1CCN(C)CC1)c1csc2ccccc12. The molecule has 1 aliphatic heterocycles. The van der Waals surface area contributed by atoms with Gasteiger partial charge in [0.05, 0.1) is 6.04 Å². The van der Waals surface area contributed by atoms with E-state index < -0.39 is 0 Å². The Morgan fingerprint density at radius 2 is 2.05 bits per heavy atom. The largest absolute Gasteiger partial charge is 0.335 e. The van der Waals surface area contributed by atoms with Gasteiger partial charge in [0, 0.05) is 10.7 Å². The fourth-order valence-corrected chi connectivity index (χ4v) is 4.04. The third-order valence-electron chi connectivity index (χ3n) is 4.38. The number of hydrogen-bond donors (Lipinski definition) is 2. The number of thiophene rings is 1. The lowest BCUT2D eigenvalue weighted by Gasteiger charge is -2.29. The van der Waals surface area contributed by atoms with E-state index in [1.54, 1.807) is 11.3 Å². The first-order valence-electron chi connectivity index (χ1n) is 7.85. The van der Waals surface area contributed by atoms with Crippen LogP contribution in [0, 0.1) is 0 Å². The van der Waals surface area contributed by atoms with Crippen molar-refractivity contribution >= 4 is 27.5 Å². The minimum atomic E-state index is -0.0580. The molecule has 1 aromatic carbocycles. The number of urea groups is 1. The number of carbonyl (C=O) groups excluding carboxylic acids is 1. The van der Waals surface area contributed by atoms with E-state index in [0.717, 1.165) is 25.9 Å². The van der Waals surface area contributed by atoms with Gasteiger partial charge in [0.15, 0.2) is 0 Å². The highest BCUT2D eigenvalue weighted by molar-refractivity contribution is 7.17. The van der Waals surface area contributed by atoms with Gasteiger partial charge in [0.25, 0.3) is 0 Å². The van der Waals surface area contributed by atoms with Crippen molar-refractivity contribution in [2.24, 2.45) is 0 Å². The molecule has 1 saturated heterocycles. The predicted octanol–water partition coefficient (Wildman–Crippen LogP) is 3.36. The van der Waals surface area contributed by atoms with Gasteiger partial charge in [0.1, 0.15) is 0 Å². The average molecular weight is 317 g/mol. The van der Waals surface area contributed by atoms with Crippen LogP contribution in [-0.2, 0) is 0 Å². The molecule has 1 fully saturated rings. The van der Waals surface area contributed by atoms with E-state index in [-0.39, 0.29) is 12.1 Å². The van der Waals surface area contributed by atoms with Crippen LogP contribution in [0.1, 0.15) is 31.4 Å².